The van der Waals surface area contributed by atoms with E-state index in [0.717, 1.165) is 25.5 Å². The van der Waals surface area contributed by atoms with Crippen molar-refractivity contribution in [2.75, 3.05) is 24.2 Å². The van der Waals surface area contributed by atoms with Gasteiger partial charge in [-0.15, -0.1) is 0 Å². The first kappa shape index (κ1) is 20.3. The van der Waals surface area contributed by atoms with Crippen LogP contribution in [0.5, 0.6) is 5.75 Å². The number of carbonyl (C=O) groups is 1. The zero-order chi connectivity index (χ0) is 19.2. The smallest absolute Gasteiger partial charge is 0.260 e. The number of nitrogens with one attached hydrogen (secondary N) is 1. The SMILES string of the molecule is C[C@H](Oc1ccc(N(C)S(C)(=O)=O)cc1)C(=O)NCCC1=CCCCC1. The van der Waals surface area contributed by atoms with Gasteiger partial charge in [-0.2, -0.15) is 0 Å². The van der Waals surface area contributed by atoms with Crippen LogP contribution in [0.1, 0.15) is 39.0 Å². The standard InChI is InChI=1S/C19H28N2O4S/c1-15(19(22)20-14-13-16-7-5-4-6-8-16)25-18-11-9-17(10-12-18)21(2)26(3,23)24/h7,9-12,15H,4-6,8,13-14H2,1-3H3,(H,20,22)/t15-/m0/s1. The number of hydrogen-bond acceptors (Lipinski definition) is 4. The highest BCUT2D eigenvalue weighted by Gasteiger charge is 2.16. The molecule has 2 rings (SSSR count). The number of benzene rings is 1. The third-order valence-electron chi connectivity index (χ3n) is 4.51. The highest BCUT2D eigenvalue weighted by molar-refractivity contribution is 7.92. The van der Waals surface area contributed by atoms with E-state index in [1.54, 1.807) is 31.2 Å². The summed E-state index contributed by atoms with van der Waals surface area (Å²) in [5.74, 6) is 0.368. The molecule has 0 fully saturated rings. The number of anilines is 1. The second-order valence-corrected chi connectivity index (χ2v) is 8.65. The van der Waals surface area contributed by atoms with Gasteiger partial charge in [-0.1, -0.05) is 11.6 Å². The van der Waals surface area contributed by atoms with E-state index in [4.69, 9.17) is 4.74 Å². The number of nitrogens with zero attached hydrogens (tertiary/aromatic N) is 1. The Bertz CT molecular complexity index is 741. The maximum atomic E-state index is 12.2. The van der Waals surface area contributed by atoms with Gasteiger partial charge in [0.05, 0.1) is 11.9 Å². The van der Waals surface area contributed by atoms with Crippen molar-refractivity contribution in [3.8, 4) is 5.75 Å². The van der Waals surface area contributed by atoms with Crippen LogP contribution in [0, 0.1) is 0 Å². The zero-order valence-corrected chi connectivity index (χ0v) is 16.5. The lowest BCUT2D eigenvalue weighted by molar-refractivity contribution is -0.127. The normalized spacial score (nSPS) is 15.7. The number of rotatable bonds is 8. The zero-order valence-electron chi connectivity index (χ0n) is 15.7. The Morgan fingerprint density at radius 2 is 1.96 bits per heavy atom. The largest absolute Gasteiger partial charge is 0.481 e. The van der Waals surface area contributed by atoms with Crippen molar-refractivity contribution in [2.45, 2.75) is 45.1 Å². The molecular weight excluding hydrogens is 352 g/mol. The van der Waals surface area contributed by atoms with Crippen molar-refractivity contribution in [1.82, 2.24) is 5.32 Å². The van der Waals surface area contributed by atoms with Gasteiger partial charge in [0, 0.05) is 13.6 Å². The summed E-state index contributed by atoms with van der Waals surface area (Å²) in [7, 11) is -1.81. The summed E-state index contributed by atoms with van der Waals surface area (Å²) in [6.45, 7) is 2.32. The minimum Gasteiger partial charge on any atom is -0.481 e. The minimum absolute atomic E-state index is 0.154. The van der Waals surface area contributed by atoms with Crippen LogP contribution in [0.25, 0.3) is 0 Å². The average Bonchev–Trinajstić information content (AvgIpc) is 2.61. The summed E-state index contributed by atoms with van der Waals surface area (Å²) in [4.78, 5) is 12.2. The molecule has 0 radical (unpaired) electrons. The second-order valence-electron chi connectivity index (χ2n) is 6.63. The Morgan fingerprint density at radius 3 is 2.54 bits per heavy atom. The fourth-order valence-electron chi connectivity index (χ4n) is 2.81. The Kier molecular flexibility index (Phi) is 7.08. The number of allylic oxidation sites excluding steroid dienone is 1. The lowest BCUT2D eigenvalue weighted by Crippen LogP contribution is -2.37. The summed E-state index contributed by atoms with van der Waals surface area (Å²) in [6, 6.07) is 6.62. The molecule has 1 aliphatic carbocycles. The fourth-order valence-corrected chi connectivity index (χ4v) is 3.31. The maximum absolute atomic E-state index is 12.2. The van der Waals surface area contributed by atoms with E-state index in [0.29, 0.717) is 18.0 Å². The van der Waals surface area contributed by atoms with Crippen molar-refractivity contribution >= 4 is 21.6 Å². The third-order valence-corrected chi connectivity index (χ3v) is 5.72. The summed E-state index contributed by atoms with van der Waals surface area (Å²) in [6.07, 6.45) is 8.49. The van der Waals surface area contributed by atoms with Crippen molar-refractivity contribution in [2.24, 2.45) is 0 Å². The molecule has 1 N–H and O–H groups in total. The van der Waals surface area contributed by atoms with Crippen molar-refractivity contribution in [1.29, 1.82) is 0 Å². The van der Waals surface area contributed by atoms with Crippen molar-refractivity contribution < 1.29 is 17.9 Å². The van der Waals surface area contributed by atoms with Crippen LogP contribution in [0.2, 0.25) is 0 Å². The lowest BCUT2D eigenvalue weighted by Gasteiger charge is -2.18. The van der Waals surface area contributed by atoms with Crippen LogP contribution in [0.4, 0.5) is 5.69 Å². The minimum atomic E-state index is -3.30. The van der Waals surface area contributed by atoms with E-state index in [9.17, 15) is 13.2 Å². The molecule has 0 spiro atoms. The van der Waals surface area contributed by atoms with Gasteiger partial charge in [0.15, 0.2) is 6.10 Å². The van der Waals surface area contributed by atoms with Crippen LogP contribution in [-0.2, 0) is 14.8 Å². The van der Waals surface area contributed by atoms with Gasteiger partial charge in [-0.3, -0.25) is 9.10 Å². The Hall–Kier alpha value is -2.02. The monoisotopic (exact) mass is 380 g/mol. The van der Waals surface area contributed by atoms with Crippen LogP contribution < -0.4 is 14.4 Å². The summed E-state index contributed by atoms with van der Waals surface area (Å²) in [5.41, 5.74) is 1.97. The lowest BCUT2D eigenvalue weighted by atomic mass is 9.97. The summed E-state index contributed by atoms with van der Waals surface area (Å²) >= 11 is 0. The molecule has 144 valence electrons. The molecule has 0 unspecified atom stereocenters. The van der Waals surface area contributed by atoms with E-state index >= 15 is 0 Å². The third kappa shape index (κ3) is 6.05. The second kappa shape index (κ2) is 9.07. The van der Waals surface area contributed by atoms with Crippen molar-refractivity contribution in [3.05, 3.63) is 35.9 Å². The van der Waals surface area contributed by atoms with Gasteiger partial charge in [0.1, 0.15) is 5.75 Å². The van der Waals surface area contributed by atoms with Gasteiger partial charge < -0.3 is 10.1 Å². The first-order chi connectivity index (χ1) is 12.3. The number of ether oxygens (including phenoxy) is 1. The fraction of sp³-hybridized carbons (Fsp3) is 0.526. The maximum Gasteiger partial charge on any atom is 0.260 e. The Balaban J connectivity index is 1.81. The van der Waals surface area contributed by atoms with Crippen molar-refractivity contribution in [3.63, 3.8) is 0 Å². The highest BCUT2D eigenvalue weighted by Crippen LogP contribution is 2.21. The van der Waals surface area contributed by atoms with E-state index in [1.165, 1.54) is 29.8 Å². The molecule has 26 heavy (non-hydrogen) atoms. The predicted octanol–water partition coefficient (Wildman–Crippen LogP) is 2.86. The first-order valence-electron chi connectivity index (χ1n) is 8.93. The van der Waals surface area contributed by atoms with E-state index in [-0.39, 0.29) is 5.91 Å². The molecule has 0 heterocycles. The highest BCUT2D eigenvalue weighted by atomic mass is 32.2. The molecule has 7 heteroatoms. The van der Waals surface area contributed by atoms with Crippen LogP contribution in [-0.4, -0.2) is 40.3 Å². The van der Waals surface area contributed by atoms with Gasteiger partial charge in [0.2, 0.25) is 10.0 Å². The predicted molar refractivity (Wildman–Crippen MR) is 104 cm³/mol. The van der Waals surface area contributed by atoms with E-state index in [1.807, 2.05) is 0 Å². The Labute approximate surface area is 156 Å². The molecule has 0 saturated heterocycles. The summed E-state index contributed by atoms with van der Waals surface area (Å²) in [5, 5.41) is 2.91. The van der Waals surface area contributed by atoms with Gasteiger partial charge in [0.25, 0.3) is 5.91 Å². The summed E-state index contributed by atoms with van der Waals surface area (Å²) < 4.78 is 29.9. The van der Waals surface area contributed by atoms with E-state index < -0.39 is 16.1 Å². The molecule has 1 aromatic carbocycles. The Morgan fingerprint density at radius 1 is 1.27 bits per heavy atom. The molecule has 0 bridgehead atoms. The van der Waals surface area contributed by atoms with E-state index in [2.05, 4.69) is 11.4 Å². The molecule has 6 nitrogen and oxygen atoms in total. The number of hydrogen-bond donors (Lipinski definition) is 1. The molecule has 0 aliphatic heterocycles. The molecule has 0 saturated carbocycles. The number of amides is 1. The molecule has 1 atom stereocenters. The molecule has 1 amide bonds. The van der Waals surface area contributed by atoms with Crippen LogP contribution >= 0.6 is 0 Å². The average molecular weight is 381 g/mol. The molecular formula is C19H28N2O4S. The number of sulfonamides is 1. The van der Waals surface area contributed by atoms with Crippen LogP contribution in [0.3, 0.4) is 0 Å². The molecule has 1 aromatic rings. The first-order valence-corrected chi connectivity index (χ1v) is 10.8. The molecule has 1 aliphatic rings. The van der Waals surface area contributed by atoms with Gasteiger partial charge in [-0.25, -0.2) is 8.42 Å². The van der Waals surface area contributed by atoms with Gasteiger partial charge in [-0.05, 0) is 63.3 Å². The topological polar surface area (TPSA) is 75.7 Å². The van der Waals surface area contributed by atoms with Gasteiger partial charge >= 0.3 is 0 Å². The number of carbonyl (C=O) groups excluding carboxylic acids is 1. The van der Waals surface area contributed by atoms with Crippen LogP contribution in [0.15, 0.2) is 35.9 Å². The molecule has 0 aromatic heterocycles. The quantitative estimate of drug-likeness (QED) is 0.704.